The fourth-order valence-electron chi connectivity index (χ4n) is 1.99. The van der Waals surface area contributed by atoms with Gasteiger partial charge in [0.05, 0.1) is 17.3 Å². The van der Waals surface area contributed by atoms with Crippen molar-refractivity contribution in [2.24, 2.45) is 0 Å². The normalized spacial score (nSPS) is 11.0. The Bertz CT molecular complexity index is 850. The number of rotatable bonds is 2. The predicted octanol–water partition coefficient (Wildman–Crippen LogP) is 3.05. The molecule has 0 unspecified atom stereocenters. The van der Waals surface area contributed by atoms with Crippen molar-refractivity contribution in [3.63, 3.8) is 0 Å². The fraction of sp³-hybridized carbons (Fsp3) is 0.0769. The van der Waals surface area contributed by atoms with E-state index in [1.807, 2.05) is 0 Å². The molecule has 5 nitrogen and oxygen atoms in total. The zero-order valence-electron chi connectivity index (χ0n) is 10.8. The molecule has 8 heteroatoms. The average molecular weight is 355 g/mol. The summed E-state index contributed by atoms with van der Waals surface area (Å²) in [6, 6.07) is 5.33. The first-order valence-corrected chi connectivity index (χ1v) is 6.64. The van der Waals surface area contributed by atoms with Gasteiger partial charge >= 0.3 is 0 Å². The van der Waals surface area contributed by atoms with E-state index in [1.165, 1.54) is 17.7 Å². The van der Waals surface area contributed by atoms with E-state index in [4.69, 9.17) is 10.5 Å². The molecule has 0 amide bonds. The molecule has 0 aliphatic heterocycles. The van der Waals surface area contributed by atoms with E-state index in [1.54, 1.807) is 12.1 Å². The molecule has 21 heavy (non-hydrogen) atoms. The van der Waals surface area contributed by atoms with Crippen LogP contribution in [0.5, 0.6) is 5.88 Å². The van der Waals surface area contributed by atoms with Crippen LogP contribution in [0.4, 0.5) is 14.7 Å². The van der Waals surface area contributed by atoms with E-state index in [0.717, 1.165) is 6.07 Å². The molecule has 0 spiro atoms. The molecule has 0 bridgehead atoms. The van der Waals surface area contributed by atoms with E-state index < -0.39 is 11.6 Å². The number of anilines is 1. The van der Waals surface area contributed by atoms with E-state index in [2.05, 4.69) is 25.9 Å². The standard InChI is InChI=1S/C13H9BrF2N4O/c1-21-11-3-2-9-12(19-11)20(13(17)18-9)10-4-6(14)7(15)5-8(10)16/h2-5H,1H3,(H2,17,18). The van der Waals surface area contributed by atoms with Crippen LogP contribution in [-0.4, -0.2) is 21.6 Å². The van der Waals surface area contributed by atoms with Gasteiger partial charge in [-0.1, -0.05) is 0 Å². The van der Waals surface area contributed by atoms with Gasteiger partial charge in [-0.25, -0.2) is 13.8 Å². The number of fused-ring (bicyclic) bond motifs is 1. The molecule has 0 aliphatic carbocycles. The van der Waals surface area contributed by atoms with Gasteiger partial charge in [0.1, 0.15) is 17.2 Å². The summed E-state index contributed by atoms with van der Waals surface area (Å²) in [6.07, 6.45) is 0. The molecular formula is C13H9BrF2N4O. The Balaban J connectivity index is 2.34. The number of halogens is 3. The number of nitrogens with two attached hydrogens (primary N) is 1. The van der Waals surface area contributed by atoms with Crippen LogP contribution in [0, 0.1) is 11.6 Å². The number of benzene rings is 1. The van der Waals surface area contributed by atoms with Crippen LogP contribution in [0.25, 0.3) is 16.9 Å². The Morgan fingerprint density at radius 2 is 1.95 bits per heavy atom. The first-order valence-electron chi connectivity index (χ1n) is 5.85. The number of ether oxygens (including phenoxy) is 1. The molecule has 3 aromatic rings. The molecule has 0 saturated heterocycles. The topological polar surface area (TPSA) is 66.0 Å². The lowest BCUT2D eigenvalue weighted by molar-refractivity contribution is 0.399. The third-order valence-electron chi connectivity index (χ3n) is 2.94. The van der Waals surface area contributed by atoms with Crippen molar-refractivity contribution in [3.8, 4) is 11.6 Å². The van der Waals surface area contributed by atoms with Crippen molar-refractivity contribution in [1.82, 2.24) is 14.5 Å². The minimum atomic E-state index is -0.772. The largest absolute Gasteiger partial charge is 0.481 e. The lowest BCUT2D eigenvalue weighted by Gasteiger charge is -2.09. The zero-order chi connectivity index (χ0) is 15.1. The SMILES string of the molecule is COc1ccc2nc(N)n(-c3cc(Br)c(F)cc3F)c2n1. The van der Waals surface area contributed by atoms with Gasteiger partial charge in [-0.3, -0.25) is 4.57 Å². The molecule has 0 saturated carbocycles. The summed E-state index contributed by atoms with van der Waals surface area (Å²) in [5.74, 6) is -1.09. The number of methoxy groups -OCH3 is 1. The monoisotopic (exact) mass is 354 g/mol. The van der Waals surface area contributed by atoms with Crippen molar-refractivity contribution < 1.29 is 13.5 Å². The molecule has 1 aromatic carbocycles. The summed E-state index contributed by atoms with van der Waals surface area (Å²) in [6.45, 7) is 0. The Hall–Kier alpha value is -2.22. The van der Waals surface area contributed by atoms with Crippen LogP contribution in [0.15, 0.2) is 28.7 Å². The van der Waals surface area contributed by atoms with Crippen LogP contribution in [-0.2, 0) is 0 Å². The van der Waals surface area contributed by atoms with Gasteiger partial charge in [0.2, 0.25) is 11.8 Å². The Morgan fingerprint density at radius 3 is 2.67 bits per heavy atom. The molecule has 108 valence electrons. The highest BCUT2D eigenvalue weighted by molar-refractivity contribution is 9.10. The number of hydrogen-bond acceptors (Lipinski definition) is 4. The van der Waals surface area contributed by atoms with Crippen molar-refractivity contribution in [2.45, 2.75) is 0 Å². The molecule has 0 radical (unpaired) electrons. The van der Waals surface area contributed by atoms with E-state index in [-0.39, 0.29) is 16.1 Å². The maximum Gasteiger partial charge on any atom is 0.215 e. The molecule has 3 rings (SSSR count). The zero-order valence-corrected chi connectivity index (χ0v) is 12.4. The third kappa shape index (κ3) is 2.21. The highest BCUT2D eigenvalue weighted by atomic mass is 79.9. The molecule has 0 aliphatic rings. The van der Waals surface area contributed by atoms with Gasteiger partial charge < -0.3 is 10.5 Å². The molecule has 0 atom stereocenters. The van der Waals surface area contributed by atoms with Gasteiger partial charge in [-0.05, 0) is 28.1 Å². The quantitative estimate of drug-likeness (QED) is 0.718. The summed E-state index contributed by atoms with van der Waals surface area (Å²) in [5, 5.41) is 0. The van der Waals surface area contributed by atoms with Crippen LogP contribution < -0.4 is 10.5 Å². The predicted molar refractivity (Wildman–Crippen MR) is 77.4 cm³/mol. The number of nitrogens with zero attached hydrogens (tertiary/aromatic N) is 3. The van der Waals surface area contributed by atoms with E-state index >= 15 is 0 Å². The number of hydrogen-bond donors (Lipinski definition) is 1. The lowest BCUT2D eigenvalue weighted by Crippen LogP contribution is -2.05. The average Bonchev–Trinajstić information content (AvgIpc) is 2.78. The summed E-state index contributed by atoms with van der Waals surface area (Å²) >= 11 is 3.02. The van der Waals surface area contributed by atoms with Gasteiger partial charge in [0, 0.05) is 12.1 Å². The second kappa shape index (κ2) is 4.96. The van der Waals surface area contributed by atoms with Gasteiger partial charge in [-0.15, -0.1) is 0 Å². The summed E-state index contributed by atoms with van der Waals surface area (Å²) in [4.78, 5) is 8.31. The third-order valence-corrected chi connectivity index (χ3v) is 3.55. The number of pyridine rings is 1. The van der Waals surface area contributed by atoms with Crippen LogP contribution in [0.3, 0.4) is 0 Å². The van der Waals surface area contributed by atoms with Gasteiger partial charge in [-0.2, -0.15) is 4.98 Å². The Kier molecular flexibility index (Phi) is 3.25. The molecule has 2 aromatic heterocycles. The maximum atomic E-state index is 14.1. The van der Waals surface area contributed by atoms with Crippen molar-refractivity contribution in [1.29, 1.82) is 0 Å². The minimum absolute atomic E-state index is 0.0446. The lowest BCUT2D eigenvalue weighted by atomic mass is 10.3. The molecular weight excluding hydrogens is 346 g/mol. The second-order valence-electron chi connectivity index (χ2n) is 4.22. The summed E-state index contributed by atoms with van der Waals surface area (Å²) in [5.41, 5.74) is 6.68. The molecule has 0 fully saturated rings. The Morgan fingerprint density at radius 1 is 1.19 bits per heavy atom. The van der Waals surface area contributed by atoms with Crippen LogP contribution >= 0.6 is 15.9 Å². The van der Waals surface area contributed by atoms with Crippen molar-refractivity contribution in [2.75, 3.05) is 12.8 Å². The van der Waals surface area contributed by atoms with Crippen molar-refractivity contribution >= 4 is 33.0 Å². The first-order chi connectivity index (χ1) is 10.0. The smallest absolute Gasteiger partial charge is 0.215 e. The fourth-order valence-corrected chi connectivity index (χ4v) is 2.32. The van der Waals surface area contributed by atoms with Crippen LogP contribution in [0.2, 0.25) is 0 Å². The van der Waals surface area contributed by atoms with Gasteiger partial charge in [0.25, 0.3) is 0 Å². The molecule has 2 heterocycles. The van der Waals surface area contributed by atoms with Crippen molar-refractivity contribution in [3.05, 3.63) is 40.4 Å². The van der Waals surface area contributed by atoms with Gasteiger partial charge in [0.15, 0.2) is 5.65 Å². The minimum Gasteiger partial charge on any atom is -0.481 e. The van der Waals surface area contributed by atoms with Crippen LogP contribution in [0.1, 0.15) is 0 Å². The number of imidazole rings is 1. The summed E-state index contributed by atoms with van der Waals surface area (Å²) in [7, 11) is 1.47. The number of nitrogen functional groups attached to an aromatic ring is 1. The maximum absolute atomic E-state index is 14.1. The highest BCUT2D eigenvalue weighted by Gasteiger charge is 2.17. The van der Waals surface area contributed by atoms with E-state index in [0.29, 0.717) is 17.0 Å². The second-order valence-corrected chi connectivity index (χ2v) is 5.07. The first kappa shape index (κ1) is 13.7. The number of aromatic nitrogens is 3. The Labute approximate surface area is 126 Å². The summed E-state index contributed by atoms with van der Waals surface area (Å²) < 4.78 is 33.9. The van der Waals surface area contributed by atoms with E-state index in [9.17, 15) is 8.78 Å². The molecule has 2 N–H and O–H groups in total. The highest BCUT2D eigenvalue weighted by Crippen LogP contribution is 2.28.